The number of carboxylic acid groups (broad SMARTS) is 1. The average Bonchev–Trinajstić information content (AvgIpc) is 2.54. The van der Waals surface area contributed by atoms with Gasteiger partial charge in [0.05, 0.1) is 12.0 Å². The number of carboxylic acids is 1. The van der Waals surface area contributed by atoms with E-state index in [4.69, 9.17) is 5.11 Å². The van der Waals surface area contributed by atoms with E-state index in [1.54, 1.807) is 24.2 Å². The molecule has 19 heavy (non-hydrogen) atoms. The highest BCUT2D eigenvalue weighted by molar-refractivity contribution is 5.83. The smallest absolute Gasteiger partial charge is 0.309 e. The average molecular weight is 263 g/mol. The standard InChI is InChI=1S/C13H17N3O3/c1-9-12(17)16(7-10-2-4-14-5-3-10)8-11(6-15-9)13(18)19/h2-5,9,11,15H,6-8H2,1H3,(H,18,19). The molecule has 1 aliphatic rings. The predicted molar refractivity (Wildman–Crippen MR) is 68.2 cm³/mol. The SMILES string of the molecule is CC1NCC(C(=O)O)CN(Cc2ccncc2)C1=O. The Labute approximate surface area is 111 Å². The second-order valence-electron chi connectivity index (χ2n) is 4.74. The minimum Gasteiger partial charge on any atom is -0.481 e. The summed E-state index contributed by atoms with van der Waals surface area (Å²) in [7, 11) is 0. The topological polar surface area (TPSA) is 82.5 Å². The molecule has 1 fully saturated rings. The maximum Gasteiger partial charge on any atom is 0.309 e. The van der Waals surface area contributed by atoms with Crippen molar-refractivity contribution in [3.8, 4) is 0 Å². The van der Waals surface area contributed by atoms with Gasteiger partial charge < -0.3 is 15.3 Å². The Morgan fingerprint density at radius 1 is 1.53 bits per heavy atom. The van der Waals surface area contributed by atoms with E-state index in [1.165, 1.54) is 0 Å². The third-order valence-corrected chi connectivity index (χ3v) is 3.27. The monoisotopic (exact) mass is 263 g/mol. The fourth-order valence-corrected chi connectivity index (χ4v) is 2.12. The zero-order chi connectivity index (χ0) is 13.8. The van der Waals surface area contributed by atoms with E-state index >= 15 is 0 Å². The van der Waals surface area contributed by atoms with Crippen molar-refractivity contribution in [3.63, 3.8) is 0 Å². The van der Waals surface area contributed by atoms with Gasteiger partial charge in [-0.2, -0.15) is 0 Å². The molecule has 1 saturated heterocycles. The molecule has 0 aliphatic carbocycles. The third kappa shape index (κ3) is 3.29. The Hall–Kier alpha value is -1.95. The van der Waals surface area contributed by atoms with E-state index in [1.807, 2.05) is 12.1 Å². The molecule has 1 aromatic heterocycles. The first-order valence-electron chi connectivity index (χ1n) is 6.22. The van der Waals surface area contributed by atoms with Crippen LogP contribution in [0.15, 0.2) is 24.5 Å². The maximum absolute atomic E-state index is 12.2. The van der Waals surface area contributed by atoms with Gasteiger partial charge in [0.25, 0.3) is 0 Å². The molecule has 6 heteroatoms. The molecule has 2 heterocycles. The van der Waals surface area contributed by atoms with Gasteiger partial charge in [-0.25, -0.2) is 0 Å². The second kappa shape index (κ2) is 5.79. The van der Waals surface area contributed by atoms with Crippen molar-refractivity contribution in [2.45, 2.75) is 19.5 Å². The van der Waals surface area contributed by atoms with Crippen LogP contribution in [-0.2, 0) is 16.1 Å². The number of carbonyl (C=O) groups is 2. The largest absolute Gasteiger partial charge is 0.481 e. The normalized spacial score (nSPS) is 24.1. The van der Waals surface area contributed by atoms with Gasteiger partial charge in [0.15, 0.2) is 0 Å². The van der Waals surface area contributed by atoms with Crippen molar-refractivity contribution in [2.75, 3.05) is 13.1 Å². The number of amides is 1. The first-order valence-corrected chi connectivity index (χ1v) is 6.22. The second-order valence-corrected chi connectivity index (χ2v) is 4.74. The molecule has 0 saturated carbocycles. The molecule has 2 N–H and O–H groups in total. The molecule has 0 aromatic carbocycles. The van der Waals surface area contributed by atoms with Crippen LogP contribution in [0.5, 0.6) is 0 Å². The zero-order valence-corrected chi connectivity index (χ0v) is 10.7. The Bertz CT molecular complexity index is 463. The third-order valence-electron chi connectivity index (χ3n) is 3.27. The molecule has 1 amide bonds. The summed E-state index contributed by atoms with van der Waals surface area (Å²) in [4.78, 5) is 28.8. The van der Waals surface area contributed by atoms with E-state index in [0.29, 0.717) is 13.1 Å². The summed E-state index contributed by atoms with van der Waals surface area (Å²) in [5.41, 5.74) is 0.946. The van der Waals surface area contributed by atoms with Crippen LogP contribution in [0.4, 0.5) is 0 Å². The lowest BCUT2D eigenvalue weighted by Gasteiger charge is -2.24. The summed E-state index contributed by atoms with van der Waals surface area (Å²) in [6, 6.07) is 3.30. The van der Waals surface area contributed by atoms with Crippen LogP contribution in [0.25, 0.3) is 0 Å². The minimum atomic E-state index is -0.880. The van der Waals surface area contributed by atoms with Crippen LogP contribution >= 0.6 is 0 Å². The fourth-order valence-electron chi connectivity index (χ4n) is 2.12. The van der Waals surface area contributed by atoms with E-state index in [9.17, 15) is 9.59 Å². The summed E-state index contributed by atoms with van der Waals surface area (Å²) >= 11 is 0. The van der Waals surface area contributed by atoms with Gasteiger partial charge in [0.2, 0.25) is 5.91 Å². The lowest BCUT2D eigenvalue weighted by atomic mass is 10.1. The van der Waals surface area contributed by atoms with Gasteiger partial charge in [-0.15, -0.1) is 0 Å². The highest BCUT2D eigenvalue weighted by atomic mass is 16.4. The molecule has 0 radical (unpaired) electrons. The molecule has 6 nitrogen and oxygen atoms in total. The van der Waals surface area contributed by atoms with Crippen LogP contribution < -0.4 is 5.32 Å². The number of hydrogen-bond acceptors (Lipinski definition) is 4. The molecule has 2 rings (SSSR count). The van der Waals surface area contributed by atoms with Gasteiger partial charge in [-0.05, 0) is 24.6 Å². The van der Waals surface area contributed by atoms with Crippen molar-refractivity contribution >= 4 is 11.9 Å². The number of nitrogens with one attached hydrogen (secondary N) is 1. The van der Waals surface area contributed by atoms with Crippen molar-refractivity contribution in [1.82, 2.24) is 15.2 Å². The summed E-state index contributed by atoms with van der Waals surface area (Å²) in [6.07, 6.45) is 3.32. The number of rotatable bonds is 3. The Kier molecular flexibility index (Phi) is 4.11. The molecule has 102 valence electrons. The van der Waals surface area contributed by atoms with Gasteiger partial charge in [-0.3, -0.25) is 14.6 Å². The van der Waals surface area contributed by atoms with Crippen molar-refractivity contribution < 1.29 is 14.7 Å². The lowest BCUT2D eigenvalue weighted by molar-refractivity contribution is -0.142. The number of carbonyl (C=O) groups excluding carboxylic acids is 1. The van der Waals surface area contributed by atoms with Gasteiger partial charge in [0, 0.05) is 32.0 Å². The lowest BCUT2D eigenvalue weighted by Crippen LogP contribution is -2.41. The van der Waals surface area contributed by atoms with Crippen molar-refractivity contribution in [3.05, 3.63) is 30.1 Å². The molecule has 1 aromatic rings. The van der Waals surface area contributed by atoms with E-state index in [0.717, 1.165) is 5.56 Å². The zero-order valence-electron chi connectivity index (χ0n) is 10.7. The summed E-state index contributed by atoms with van der Waals surface area (Å²) in [5, 5.41) is 12.1. The fraction of sp³-hybridized carbons (Fsp3) is 0.462. The van der Waals surface area contributed by atoms with Crippen LogP contribution in [-0.4, -0.2) is 46.0 Å². The number of aliphatic carboxylic acids is 1. The number of nitrogens with zero attached hydrogens (tertiary/aromatic N) is 2. The Morgan fingerprint density at radius 3 is 2.84 bits per heavy atom. The molecular formula is C13H17N3O3. The summed E-state index contributed by atoms with van der Waals surface area (Å²) < 4.78 is 0. The molecule has 1 aliphatic heterocycles. The van der Waals surface area contributed by atoms with Crippen LogP contribution in [0, 0.1) is 5.92 Å². The van der Waals surface area contributed by atoms with E-state index < -0.39 is 11.9 Å². The van der Waals surface area contributed by atoms with E-state index in [-0.39, 0.29) is 18.5 Å². The van der Waals surface area contributed by atoms with Crippen molar-refractivity contribution in [2.24, 2.45) is 5.92 Å². The summed E-state index contributed by atoms with van der Waals surface area (Å²) in [5.74, 6) is -1.52. The van der Waals surface area contributed by atoms with Gasteiger partial charge in [0.1, 0.15) is 0 Å². The minimum absolute atomic E-state index is 0.0689. The summed E-state index contributed by atoms with van der Waals surface area (Å²) in [6.45, 7) is 2.71. The van der Waals surface area contributed by atoms with E-state index in [2.05, 4.69) is 10.3 Å². The first-order chi connectivity index (χ1) is 9.08. The highest BCUT2D eigenvalue weighted by Crippen LogP contribution is 2.12. The Balaban J connectivity index is 2.14. The van der Waals surface area contributed by atoms with Crippen LogP contribution in [0.1, 0.15) is 12.5 Å². The molecule has 0 spiro atoms. The number of hydrogen-bond donors (Lipinski definition) is 2. The predicted octanol–water partition coefficient (Wildman–Crippen LogP) is 0.103. The first kappa shape index (κ1) is 13.5. The highest BCUT2D eigenvalue weighted by Gasteiger charge is 2.31. The maximum atomic E-state index is 12.2. The number of aromatic nitrogens is 1. The number of pyridine rings is 1. The van der Waals surface area contributed by atoms with Crippen LogP contribution in [0.3, 0.4) is 0 Å². The van der Waals surface area contributed by atoms with Crippen molar-refractivity contribution in [1.29, 1.82) is 0 Å². The molecule has 0 bridgehead atoms. The van der Waals surface area contributed by atoms with Gasteiger partial charge in [-0.1, -0.05) is 0 Å². The molecule has 2 unspecified atom stereocenters. The quantitative estimate of drug-likeness (QED) is 0.808. The molecule has 2 atom stereocenters. The Morgan fingerprint density at radius 2 is 2.21 bits per heavy atom. The van der Waals surface area contributed by atoms with Gasteiger partial charge >= 0.3 is 5.97 Å². The van der Waals surface area contributed by atoms with Crippen LogP contribution in [0.2, 0.25) is 0 Å². The molecular weight excluding hydrogens is 246 g/mol.